The first kappa shape index (κ1) is 26.5. The predicted octanol–water partition coefficient (Wildman–Crippen LogP) is 3.61. The Labute approximate surface area is 189 Å². The van der Waals surface area contributed by atoms with E-state index in [1.165, 1.54) is 24.1 Å². The summed E-state index contributed by atoms with van der Waals surface area (Å²) < 4.78 is 72.1. The minimum Gasteiger partial charge on any atom is -0.493 e. The number of ether oxygens (including phenoxy) is 2. The molecule has 0 amide bonds. The summed E-state index contributed by atoms with van der Waals surface area (Å²) >= 11 is 0. The first-order chi connectivity index (χ1) is 13.7. The highest BCUT2D eigenvalue weighted by molar-refractivity contribution is 14.0. The quantitative estimate of drug-likeness (QED) is 0.224. The van der Waals surface area contributed by atoms with Crippen LogP contribution in [0.15, 0.2) is 23.2 Å². The Morgan fingerprint density at radius 1 is 1.30 bits per heavy atom. The summed E-state index contributed by atoms with van der Waals surface area (Å²) in [5, 5.41) is 6.16. The van der Waals surface area contributed by atoms with Crippen LogP contribution < -0.4 is 20.1 Å². The molecule has 1 aromatic rings. The Balaban J connectivity index is 0.00000450. The molecule has 2 N–H and O–H groups in total. The zero-order chi connectivity index (χ0) is 21.4. The number of rotatable bonds is 8. The van der Waals surface area contributed by atoms with Gasteiger partial charge in [-0.3, -0.25) is 4.90 Å². The Kier molecular flexibility index (Phi) is 10.9. The Morgan fingerprint density at radius 2 is 2.03 bits per heavy atom. The second kappa shape index (κ2) is 12.3. The fraction of sp³-hybridized carbons (Fsp3) is 0.611. The molecule has 1 aromatic carbocycles. The molecule has 30 heavy (non-hydrogen) atoms. The van der Waals surface area contributed by atoms with Gasteiger partial charge < -0.3 is 20.1 Å². The molecule has 0 spiro atoms. The lowest BCUT2D eigenvalue weighted by molar-refractivity contribution is -0.143. The molecule has 2 rings (SSSR count). The fourth-order valence-electron chi connectivity index (χ4n) is 3.04. The number of nitrogens with zero attached hydrogens (tertiary/aromatic N) is 2. The lowest BCUT2D eigenvalue weighted by Crippen LogP contribution is -2.45. The number of nitrogens with one attached hydrogen (secondary N) is 2. The second-order valence-electron chi connectivity index (χ2n) is 6.54. The van der Waals surface area contributed by atoms with Crippen molar-refractivity contribution in [3.63, 3.8) is 0 Å². The maximum Gasteiger partial charge on any atom is 0.401 e. The molecule has 0 saturated carbocycles. The van der Waals surface area contributed by atoms with Gasteiger partial charge in [-0.15, -0.1) is 24.0 Å². The lowest BCUT2D eigenvalue weighted by atomic mass is 10.2. The van der Waals surface area contributed by atoms with Crippen LogP contribution in [0.2, 0.25) is 0 Å². The molecular weight excluding hydrogens is 526 g/mol. The van der Waals surface area contributed by atoms with E-state index in [4.69, 9.17) is 4.74 Å². The number of halogens is 6. The van der Waals surface area contributed by atoms with Gasteiger partial charge in [-0.25, -0.2) is 4.99 Å². The molecule has 12 heteroatoms. The molecule has 6 nitrogen and oxygen atoms in total. The van der Waals surface area contributed by atoms with Gasteiger partial charge in [-0.2, -0.15) is 22.0 Å². The Morgan fingerprint density at radius 3 is 2.63 bits per heavy atom. The van der Waals surface area contributed by atoms with E-state index in [1.807, 2.05) is 6.92 Å². The summed E-state index contributed by atoms with van der Waals surface area (Å²) in [5.74, 6) is 0.532. The smallest absolute Gasteiger partial charge is 0.401 e. The molecule has 1 heterocycles. The van der Waals surface area contributed by atoms with Crippen LogP contribution in [-0.4, -0.2) is 63.0 Å². The van der Waals surface area contributed by atoms with Crippen molar-refractivity contribution in [3.8, 4) is 11.5 Å². The second-order valence-corrected chi connectivity index (χ2v) is 6.54. The minimum absolute atomic E-state index is 0. The minimum atomic E-state index is -4.22. The van der Waals surface area contributed by atoms with Gasteiger partial charge in [0, 0.05) is 25.7 Å². The zero-order valence-corrected chi connectivity index (χ0v) is 19.0. The van der Waals surface area contributed by atoms with Gasteiger partial charge in [-0.05, 0) is 31.0 Å². The molecule has 1 atom stereocenters. The molecule has 0 bridgehead atoms. The SMILES string of the molecule is CCNC(=NCc1ccc(OC)c(OC(F)F)c1)NC1CCN(CC(F)(F)F)C1.I. The third-order valence-corrected chi connectivity index (χ3v) is 4.22. The van der Waals surface area contributed by atoms with Crippen LogP contribution in [0.4, 0.5) is 22.0 Å². The molecule has 1 saturated heterocycles. The third-order valence-electron chi connectivity index (χ3n) is 4.22. The largest absolute Gasteiger partial charge is 0.493 e. The third kappa shape index (κ3) is 9.06. The maximum absolute atomic E-state index is 12.5. The zero-order valence-electron chi connectivity index (χ0n) is 16.6. The standard InChI is InChI=1S/C18H25F5N4O2.HI/c1-3-24-17(26-13-6-7-27(10-13)11-18(21,22)23)25-9-12-4-5-14(28-2)15(8-12)29-16(19)20;/h4-5,8,13,16H,3,6-7,9-11H2,1-2H3,(H2,24,25,26);1H. The average molecular weight is 552 g/mol. The Bertz CT molecular complexity index is 691. The van der Waals surface area contributed by atoms with E-state index in [0.717, 1.165) is 0 Å². The number of guanidine groups is 1. The first-order valence-corrected chi connectivity index (χ1v) is 9.16. The first-order valence-electron chi connectivity index (χ1n) is 9.16. The molecule has 0 aliphatic carbocycles. The summed E-state index contributed by atoms with van der Waals surface area (Å²) in [5.41, 5.74) is 0.615. The number of likely N-dealkylation sites (tertiary alicyclic amines) is 1. The fourth-order valence-corrected chi connectivity index (χ4v) is 3.04. The number of alkyl halides is 5. The van der Waals surface area contributed by atoms with Crippen molar-refractivity contribution in [3.05, 3.63) is 23.8 Å². The molecule has 0 radical (unpaired) electrons. The summed E-state index contributed by atoms with van der Waals surface area (Å²) in [6, 6.07) is 4.43. The highest BCUT2D eigenvalue weighted by Crippen LogP contribution is 2.29. The van der Waals surface area contributed by atoms with E-state index in [0.29, 0.717) is 31.0 Å². The maximum atomic E-state index is 12.5. The molecule has 1 fully saturated rings. The van der Waals surface area contributed by atoms with Crippen LogP contribution in [0.1, 0.15) is 18.9 Å². The number of hydrogen-bond donors (Lipinski definition) is 2. The summed E-state index contributed by atoms with van der Waals surface area (Å²) in [6.45, 7) is -0.710. The van der Waals surface area contributed by atoms with Gasteiger partial charge in [0.15, 0.2) is 17.5 Å². The number of methoxy groups -OCH3 is 1. The van der Waals surface area contributed by atoms with Crippen molar-refractivity contribution < 1.29 is 31.4 Å². The van der Waals surface area contributed by atoms with Crippen molar-refractivity contribution in [2.75, 3.05) is 33.3 Å². The van der Waals surface area contributed by atoms with Crippen LogP contribution in [-0.2, 0) is 6.54 Å². The van der Waals surface area contributed by atoms with Gasteiger partial charge in [-0.1, -0.05) is 6.07 Å². The lowest BCUT2D eigenvalue weighted by Gasteiger charge is -2.19. The van der Waals surface area contributed by atoms with Crippen LogP contribution in [0.25, 0.3) is 0 Å². The monoisotopic (exact) mass is 552 g/mol. The van der Waals surface area contributed by atoms with Crippen molar-refractivity contribution in [1.82, 2.24) is 15.5 Å². The van der Waals surface area contributed by atoms with Gasteiger partial charge >= 0.3 is 12.8 Å². The number of aliphatic imine (C=N–C) groups is 1. The average Bonchev–Trinajstić information content (AvgIpc) is 3.04. The highest BCUT2D eigenvalue weighted by Gasteiger charge is 2.34. The highest BCUT2D eigenvalue weighted by atomic mass is 127. The van der Waals surface area contributed by atoms with Crippen molar-refractivity contribution >= 4 is 29.9 Å². The Hall–Kier alpha value is -1.57. The van der Waals surface area contributed by atoms with Gasteiger partial charge in [0.2, 0.25) is 0 Å². The normalized spacial score (nSPS) is 17.6. The van der Waals surface area contributed by atoms with E-state index in [1.54, 1.807) is 6.07 Å². The van der Waals surface area contributed by atoms with E-state index in [9.17, 15) is 22.0 Å². The molecule has 1 unspecified atom stereocenters. The van der Waals surface area contributed by atoms with E-state index >= 15 is 0 Å². The van der Waals surface area contributed by atoms with Crippen LogP contribution in [0, 0.1) is 0 Å². The van der Waals surface area contributed by atoms with E-state index in [2.05, 4.69) is 20.4 Å². The van der Waals surface area contributed by atoms with Gasteiger partial charge in [0.1, 0.15) is 0 Å². The van der Waals surface area contributed by atoms with Crippen LogP contribution >= 0.6 is 24.0 Å². The predicted molar refractivity (Wildman–Crippen MR) is 114 cm³/mol. The number of hydrogen-bond acceptors (Lipinski definition) is 4. The van der Waals surface area contributed by atoms with Gasteiger partial charge in [0.05, 0.1) is 20.2 Å². The topological polar surface area (TPSA) is 58.1 Å². The van der Waals surface area contributed by atoms with Crippen molar-refractivity contribution in [2.24, 2.45) is 4.99 Å². The number of benzene rings is 1. The molecule has 1 aliphatic rings. The molecule has 172 valence electrons. The van der Waals surface area contributed by atoms with Crippen LogP contribution in [0.5, 0.6) is 11.5 Å². The van der Waals surface area contributed by atoms with Crippen molar-refractivity contribution in [2.45, 2.75) is 38.7 Å². The molecular formula is C18H26F5IN4O2. The van der Waals surface area contributed by atoms with Gasteiger partial charge in [0.25, 0.3) is 0 Å². The van der Waals surface area contributed by atoms with E-state index in [-0.39, 0.29) is 54.6 Å². The van der Waals surface area contributed by atoms with Crippen molar-refractivity contribution in [1.29, 1.82) is 0 Å². The summed E-state index contributed by atoms with van der Waals surface area (Å²) in [4.78, 5) is 5.74. The summed E-state index contributed by atoms with van der Waals surface area (Å²) in [7, 11) is 1.35. The van der Waals surface area contributed by atoms with E-state index < -0.39 is 19.3 Å². The van der Waals surface area contributed by atoms with Crippen LogP contribution in [0.3, 0.4) is 0 Å². The molecule has 0 aromatic heterocycles. The molecule has 1 aliphatic heterocycles. The summed E-state index contributed by atoms with van der Waals surface area (Å²) in [6.07, 6.45) is -3.66.